The molecule has 0 atom stereocenters. The lowest BCUT2D eigenvalue weighted by atomic mass is 10.2. The molecule has 0 aliphatic heterocycles. The van der Waals surface area contributed by atoms with Crippen molar-refractivity contribution >= 4 is 11.7 Å². The molecule has 17 heavy (non-hydrogen) atoms. The number of esters is 1. The van der Waals surface area contributed by atoms with Crippen LogP contribution in [-0.4, -0.2) is 29.8 Å². The number of rotatable bonds is 5. The largest absolute Gasteiger partial charge is 0.461 e. The van der Waals surface area contributed by atoms with Crippen molar-refractivity contribution in [2.24, 2.45) is 10.7 Å². The van der Waals surface area contributed by atoms with Crippen molar-refractivity contribution in [2.75, 3.05) is 13.2 Å². The van der Waals surface area contributed by atoms with Gasteiger partial charge in [0.2, 0.25) is 0 Å². The summed E-state index contributed by atoms with van der Waals surface area (Å²) in [5.41, 5.74) is 5.89. The maximum atomic E-state index is 11.6. The number of nitrogens with zero attached hydrogens (tertiary/aromatic N) is 2. The molecule has 1 aromatic rings. The van der Waals surface area contributed by atoms with E-state index in [-0.39, 0.29) is 18.1 Å². The first-order chi connectivity index (χ1) is 8.24. The van der Waals surface area contributed by atoms with Gasteiger partial charge < -0.3 is 14.9 Å². The summed E-state index contributed by atoms with van der Waals surface area (Å²) in [5, 5.41) is 0. The summed E-state index contributed by atoms with van der Waals surface area (Å²) in [5.74, 6) is -0.266. The van der Waals surface area contributed by atoms with Crippen molar-refractivity contribution in [2.45, 2.75) is 13.8 Å². The highest BCUT2D eigenvalue weighted by Gasteiger charge is 2.20. The van der Waals surface area contributed by atoms with Gasteiger partial charge in [-0.1, -0.05) is 0 Å². The average Bonchev–Trinajstić information content (AvgIpc) is 2.78. The highest BCUT2D eigenvalue weighted by Crippen LogP contribution is 2.11. The monoisotopic (exact) mass is 237 g/mol. The van der Waals surface area contributed by atoms with E-state index >= 15 is 0 Å². The summed E-state index contributed by atoms with van der Waals surface area (Å²) < 4.78 is 10.0. The van der Waals surface area contributed by atoms with E-state index in [1.165, 1.54) is 12.6 Å². The van der Waals surface area contributed by atoms with E-state index in [9.17, 15) is 4.79 Å². The lowest BCUT2D eigenvalue weighted by Gasteiger charge is -2.01. The number of hydrogen-bond acceptors (Lipinski definition) is 6. The summed E-state index contributed by atoms with van der Waals surface area (Å²) in [4.78, 5) is 19.6. The van der Waals surface area contributed by atoms with E-state index in [2.05, 4.69) is 9.98 Å². The topological polar surface area (TPSA) is 90.7 Å². The molecule has 0 unspecified atom stereocenters. The van der Waals surface area contributed by atoms with Crippen LogP contribution in [-0.2, 0) is 4.74 Å². The third kappa shape index (κ3) is 3.17. The smallest absolute Gasteiger partial charge is 0.361 e. The van der Waals surface area contributed by atoms with Crippen LogP contribution in [0.4, 0.5) is 0 Å². The Balaban J connectivity index is 3.09. The maximum Gasteiger partial charge on any atom is 0.361 e. The van der Waals surface area contributed by atoms with Crippen LogP contribution >= 0.6 is 0 Å². The molecule has 0 aliphatic rings. The predicted molar refractivity (Wildman–Crippen MR) is 62.9 cm³/mol. The fourth-order valence-electron chi connectivity index (χ4n) is 1.23. The highest BCUT2D eigenvalue weighted by molar-refractivity contribution is 6.11. The first kappa shape index (κ1) is 13.0. The standard InChI is InChI=1S/C11H15N3O3/c1-3-13-8(5-6-12)10-9(14-7-17-10)11(15)16-4-2/h5-7H,3-4,12H2,1-2H3. The number of oxazole rings is 1. The lowest BCUT2D eigenvalue weighted by molar-refractivity contribution is 0.0519. The van der Waals surface area contributed by atoms with Gasteiger partial charge in [-0.2, -0.15) is 0 Å². The van der Waals surface area contributed by atoms with E-state index in [1.54, 1.807) is 13.0 Å². The molecule has 0 saturated heterocycles. The van der Waals surface area contributed by atoms with Gasteiger partial charge >= 0.3 is 5.97 Å². The van der Waals surface area contributed by atoms with Crippen molar-refractivity contribution in [3.8, 4) is 0 Å². The molecule has 0 saturated carbocycles. The van der Waals surface area contributed by atoms with Gasteiger partial charge in [0, 0.05) is 6.54 Å². The van der Waals surface area contributed by atoms with Crippen molar-refractivity contribution in [1.82, 2.24) is 4.98 Å². The molecule has 0 fully saturated rings. The quantitative estimate of drug-likeness (QED) is 0.612. The van der Waals surface area contributed by atoms with Crippen molar-refractivity contribution in [3.63, 3.8) is 0 Å². The molecule has 6 heteroatoms. The van der Waals surface area contributed by atoms with Crippen LogP contribution in [0.2, 0.25) is 0 Å². The van der Waals surface area contributed by atoms with Crippen LogP contribution in [0.1, 0.15) is 30.1 Å². The zero-order chi connectivity index (χ0) is 12.7. The van der Waals surface area contributed by atoms with Crippen LogP contribution in [0.5, 0.6) is 0 Å². The summed E-state index contributed by atoms with van der Waals surface area (Å²) in [6.45, 7) is 4.41. The molecular weight excluding hydrogens is 222 g/mol. The number of aromatic nitrogens is 1. The summed E-state index contributed by atoms with van der Waals surface area (Å²) in [6.07, 6.45) is 4.05. The molecule has 0 radical (unpaired) electrons. The Bertz CT molecular complexity index is 435. The molecule has 6 nitrogen and oxygen atoms in total. The van der Waals surface area contributed by atoms with E-state index < -0.39 is 5.97 Å². The molecule has 0 amide bonds. The minimum absolute atomic E-state index is 0.108. The summed E-state index contributed by atoms with van der Waals surface area (Å²) in [6, 6.07) is 0. The van der Waals surface area contributed by atoms with Crippen LogP contribution < -0.4 is 5.73 Å². The number of carbonyl (C=O) groups excluding carboxylic acids is 1. The van der Waals surface area contributed by atoms with Crippen LogP contribution in [0.25, 0.3) is 0 Å². The van der Waals surface area contributed by atoms with Gasteiger partial charge in [-0.05, 0) is 26.1 Å². The normalized spacial score (nSPS) is 12.0. The zero-order valence-electron chi connectivity index (χ0n) is 9.84. The fourth-order valence-corrected chi connectivity index (χ4v) is 1.23. The number of ether oxygens (including phenoxy) is 1. The van der Waals surface area contributed by atoms with E-state index in [4.69, 9.17) is 14.9 Å². The molecule has 0 bridgehead atoms. The molecular formula is C11H15N3O3. The average molecular weight is 237 g/mol. The Labute approximate surface area is 99.2 Å². The maximum absolute atomic E-state index is 11.6. The number of nitrogens with two attached hydrogens (primary N) is 1. The summed E-state index contributed by atoms with van der Waals surface area (Å²) in [7, 11) is 0. The Hall–Kier alpha value is -2.11. The number of carbonyl (C=O) groups is 1. The van der Waals surface area contributed by atoms with E-state index in [0.717, 1.165) is 0 Å². The lowest BCUT2D eigenvalue weighted by Crippen LogP contribution is -2.11. The zero-order valence-corrected chi connectivity index (χ0v) is 9.84. The molecule has 1 heterocycles. The van der Waals surface area contributed by atoms with E-state index in [0.29, 0.717) is 12.3 Å². The Morgan fingerprint density at radius 2 is 2.41 bits per heavy atom. The molecule has 1 rings (SSSR count). The summed E-state index contributed by atoms with van der Waals surface area (Å²) >= 11 is 0. The van der Waals surface area contributed by atoms with E-state index in [1.807, 2.05) is 6.92 Å². The first-order valence-electron chi connectivity index (χ1n) is 5.28. The molecule has 0 aromatic carbocycles. The Morgan fingerprint density at radius 3 is 3.00 bits per heavy atom. The molecule has 92 valence electrons. The third-order valence-electron chi connectivity index (χ3n) is 1.85. The second kappa shape index (κ2) is 6.47. The minimum atomic E-state index is -0.537. The fraction of sp³-hybridized carbons (Fsp3) is 0.364. The van der Waals surface area contributed by atoms with Crippen LogP contribution in [0.15, 0.2) is 28.1 Å². The number of aliphatic imine (C=N–C) groups is 1. The van der Waals surface area contributed by atoms with Crippen molar-refractivity contribution < 1.29 is 13.9 Å². The Kier molecular flexibility index (Phi) is 4.93. The van der Waals surface area contributed by atoms with Gasteiger partial charge in [0.25, 0.3) is 0 Å². The molecule has 1 aromatic heterocycles. The van der Waals surface area contributed by atoms with Gasteiger partial charge in [-0.25, -0.2) is 9.78 Å². The van der Waals surface area contributed by atoms with Crippen LogP contribution in [0, 0.1) is 0 Å². The SMILES string of the molecule is CCN=C(C=CN)c1ocnc1C(=O)OCC. The number of hydrogen-bond donors (Lipinski definition) is 1. The highest BCUT2D eigenvalue weighted by atomic mass is 16.5. The second-order valence-electron chi connectivity index (χ2n) is 2.97. The third-order valence-corrected chi connectivity index (χ3v) is 1.85. The van der Waals surface area contributed by atoms with Gasteiger partial charge in [0.15, 0.2) is 17.8 Å². The predicted octanol–water partition coefficient (Wildman–Crippen LogP) is 1.13. The molecule has 0 aliphatic carbocycles. The van der Waals surface area contributed by atoms with Gasteiger partial charge in [-0.3, -0.25) is 4.99 Å². The molecule has 2 N–H and O–H groups in total. The second-order valence-corrected chi connectivity index (χ2v) is 2.97. The number of allylic oxidation sites excluding steroid dienone is 1. The first-order valence-corrected chi connectivity index (χ1v) is 5.28. The van der Waals surface area contributed by atoms with Gasteiger partial charge in [0.05, 0.1) is 6.61 Å². The minimum Gasteiger partial charge on any atom is -0.461 e. The van der Waals surface area contributed by atoms with Crippen molar-refractivity contribution in [3.05, 3.63) is 30.1 Å². The van der Waals surface area contributed by atoms with Gasteiger partial charge in [-0.15, -0.1) is 0 Å². The van der Waals surface area contributed by atoms with Crippen LogP contribution in [0.3, 0.4) is 0 Å². The van der Waals surface area contributed by atoms with Gasteiger partial charge in [0.1, 0.15) is 5.71 Å². The van der Waals surface area contributed by atoms with Crippen molar-refractivity contribution in [1.29, 1.82) is 0 Å². The Morgan fingerprint density at radius 1 is 1.65 bits per heavy atom. The molecule has 0 spiro atoms.